The number of piperazine rings is 1. The second kappa shape index (κ2) is 12.4. The van der Waals surface area contributed by atoms with E-state index in [0.29, 0.717) is 0 Å². The van der Waals surface area contributed by atoms with E-state index in [-0.39, 0.29) is 34.1 Å². The number of nitrogens with two attached hydrogens (primary N) is 1. The number of carbonyl (C=O) groups excluding carboxylic acids is 1. The maximum Gasteiger partial charge on any atom is 0.405 e. The summed E-state index contributed by atoms with van der Waals surface area (Å²) in [6.45, 7) is 8.33. The SMILES string of the molecule is CCN1CCN(c2ccc(N(C(=N)C(=O)NCC(F)(F)F)C(=N)c3cc(C(=N)C(C)C)c(N)cc3O)cc2)CC1. The molecule has 216 valence electrons. The van der Waals surface area contributed by atoms with Gasteiger partial charge in [-0.3, -0.25) is 20.5 Å². The van der Waals surface area contributed by atoms with Crippen molar-refractivity contribution >= 4 is 40.4 Å². The Balaban J connectivity index is 2.00. The molecule has 0 aliphatic carbocycles. The van der Waals surface area contributed by atoms with Gasteiger partial charge in [0.2, 0.25) is 0 Å². The Bertz CT molecular complexity index is 1270. The highest BCUT2D eigenvalue weighted by molar-refractivity contribution is 6.48. The Hall–Kier alpha value is -4.13. The first-order valence-electron chi connectivity index (χ1n) is 12.8. The molecule has 1 fully saturated rings. The molecule has 0 radical (unpaired) electrons. The second-order valence-electron chi connectivity index (χ2n) is 9.79. The third-order valence-electron chi connectivity index (χ3n) is 6.69. The van der Waals surface area contributed by atoms with Gasteiger partial charge in [-0.25, -0.2) is 0 Å². The third kappa shape index (κ3) is 7.08. The topological polar surface area (TPSA) is 157 Å². The van der Waals surface area contributed by atoms with E-state index in [9.17, 15) is 23.1 Å². The standard InChI is InChI=1S/C27H35F3N8O2/c1-4-36-9-11-37(12-10-36)17-5-7-18(8-6-17)38(25(34)26(40)35-15-27(28,29)30)24(33)20-13-19(23(32)16(2)3)21(31)14-22(20)39/h5-8,13-14,16,32-34,39H,4,9-12,15,31H2,1-3H3,(H,35,40). The van der Waals surface area contributed by atoms with Crippen LogP contribution < -0.4 is 20.9 Å². The van der Waals surface area contributed by atoms with Crippen molar-refractivity contribution < 1.29 is 23.1 Å². The van der Waals surface area contributed by atoms with E-state index < -0.39 is 36.0 Å². The molecule has 1 heterocycles. The number of halogens is 3. The van der Waals surface area contributed by atoms with Gasteiger partial charge in [0.25, 0.3) is 5.91 Å². The zero-order chi connectivity index (χ0) is 29.8. The van der Waals surface area contributed by atoms with Crippen molar-refractivity contribution in [3.63, 3.8) is 0 Å². The molecule has 0 unspecified atom stereocenters. The number of phenolic OH excluding ortho intramolecular Hbond substituents is 1. The summed E-state index contributed by atoms with van der Waals surface area (Å²) >= 11 is 0. The smallest absolute Gasteiger partial charge is 0.405 e. The summed E-state index contributed by atoms with van der Waals surface area (Å²) in [5.74, 6) is -3.53. The minimum atomic E-state index is -4.70. The molecule has 0 bridgehead atoms. The fraction of sp³-hybridized carbons (Fsp3) is 0.407. The number of nitrogen functional groups attached to an aromatic ring is 1. The van der Waals surface area contributed by atoms with Crippen molar-refractivity contribution in [3.05, 3.63) is 47.5 Å². The highest BCUT2D eigenvalue weighted by atomic mass is 19.4. The lowest BCUT2D eigenvalue weighted by Gasteiger charge is -2.35. The fourth-order valence-corrected chi connectivity index (χ4v) is 4.33. The molecule has 3 rings (SSSR count). The number of alkyl halides is 3. The molecular formula is C27H35F3N8O2. The first-order valence-corrected chi connectivity index (χ1v) is 12.8. The molecule has 7 N–H and O–H groups in total. The maximum atomic E-state index is 12.8. The van der Waals surface area contributed by atoms with Crippen LogP contribution in [0.2, 0.25) is 0 Å². The Kier molecular flexibility index (Phi) is 9.40. The van der Waals surface area contributed by atoms with Gasteiger partial charge in [0, 0.05) is 60.6 Å². The number of anilines is 3. The van der Waals surface area contributed by atoms with Gasteiger partial charge in [-0.1, -0.05) is 20.8 Å². The van der Waals surface area contributed by atoms with Gasteiger partial charge in [-0.2, -0.15) is 13.2 Å². The third-order valence-corrected chi connectivity index (χ3v) is 6.69. The number of rotatable bonds is 7. The Morgan fingerprint density at radius 3 is 2.20 bits per heavy atom. The highest BCUT2D eigenvalue weighted by Crippen LogP contribution is 2.30. The molecule has 1 saturated heterocycles. The van der Waals surface area contributed by atoms with Crippen LogP contribution in [0.3, 0.4) is 0 Å². The second-order valence-corrected chi connectivity index (χ2v) is 9.79. The quantitative estimate of drug-likeness (QED) is 0.173. The number of nitrogens with zero attached hydrogens (tertiary/aromatic N) is 3. The molecule has 13 heteroatoms. The summed E-state index contributed by atoms with van der Waals surface area (Å²) in [5, 5.41) is 37.9. The molecule has 0 spiro atoms. The lowest BCUT2D eigenvalue weighted by molar-refractivity contribution is -0.134. The molecule has 0 aromatic heterocycles. The Morgan fingerprint density at radius 2 is 1.68 bits per heavy atom. The molecule has 1 aliphatic heterocycles. The Labute approximate surface area is 231 Å². The van der Waals surface area contributed by atoms with E-state index in [1.54, 1.807) is 43.4 Å². The number of hydrogen-bond donors (Lipinski definition) is 6. The van der Waals surface area contributed by atoms with Crippen molar-refractivity contribution in [1.29, 1.82) is 16.2 Å². The summed E-state index contributed by atoms with van der Waals surface area (Å²) in [6, 6.07) is 9.10. The van der Waals surface area contributed by atoms with Crippen LogP contribution in [0, 0.1) is 22.1 Å². The number of likely N-dealkylation sites (N-methyl/N-ethyl adjacent to an activating group) is 1. The molecule has 1 amide bonds. The molecule has 1 aliphatic rings. The van der Waals surface area contributed by atoms with Crippen LogP contribution in [-0.2, 0) is 4.79 Å². The van der Waals surface area contributed by atoms with Crippen LogP contribution in [0.4, 0.5) is 30.2 Å². The molecule has 2 aromatic rings. The number of benzene rings is 2. The van der Waals surface area contributed by atoms with Gasteiger partial charge in [-0.15, -0.1) is 0 Å². The van der Waals surface area contributed by atoms with Crippen molar-refractivity contribution in [1.82, 2.24) is 10.2 Å². The Morgan fingerprint density at radius 1 is 1.07 bits per heavy atom. The van der Waals surface area contributed by atoms with Gasteiger partial charge in [0.1, 0.15) is 18.1 Å². The molecule has 0 saturated carbocycles. The summed E-state index contributed by atoms with van der Waals surface area (Å²) in [5.41, 5.74) is 7.38. The molecule has 40 heavy (non-hydrogen) atoms. The van der Waals surface area contributed by atoms with E-state index in [2.05, 4.69) is 16.7 Å². The summed E-state index contributed by atoms with van der Waals surface area (Å²) in [4.78, 5) is 17.9. The van der Waals surface area contributed by atoms with E-state index in [4.69, 9.17) is 22.0 Å². The number of hydrogen-bond acceptors (Lipinski definition) is 8. The number of nitrogens with one attached hydrogen (secondary N) is 4. The van der Waals surface area contributed by atoms with Crippen molar-refractivity contribution in [2.45, 2.75) is 26.9 Å². The number of aromatic hydroxyl groups is 1. The van der Waals surface area contributed by atoms with E-state index >= 15 is 0 Å². The molecular weight excluding hydrogens is 525 g/mol. The van der Waals surface area contributed by atoms with E-state index in [0.717, 1.165) is 43.3 Å². The molecule has 0 atom stereocenters. The zero-order valence-corrected chi connectivity index (χ0v) is 22.7. The summed E-state index contributed by atoms with van der Waals surface area (Å²) in [7, 11) is 0. The zero-order valence-electron chi connectivity index (χ0n) is 22.7. The highest BCUT2D eigenvalue weighted by Gasteiger charge is 2.32. The number of phenols is 1. The van der Waals surface area contributed by atoms with Crippen LogP contribution in [0.5, 0.6) is 5.75 Å². The predicted molar refractivity (Wildman–Crippen MR) is 151 cm³/mol. The summed E-state index contributed by atoms with van der Waals surface area (Å²) < 4.78 is 38.3. The molecule has 2 aromatic carbocycles. The van der Waals surface area contributed by atoms with Crippen LogP contribution in [0.25, 0.3) is 0 Å². The van der Waals surface area contributed by atoms with E-state index in [1.165, 1.54) is 12.1 Å². The first kappa shape index (κ1) is 30.4. The van der Waals surface area contributed by atoms with Gasteiger partial charge in [0.05, 0.1) is 5.56 Å². The van der Waals surface area contributed by atoms with Gasteiger partial charge in [0.15, 0.2) is 5.84 Å². The number of amidine groups is 2. The maximum absolute atomic E-state index is 12.8. The van der Waals surface area contributed by atoms with E-state index in [1.807, 2.05) is 0 Å². The van der Waals surface area contributed by atoms with Crippen LogP contribution in [0.1, 0.15) is 31.9 Å². The lowest BCUT2D eigenvalue weighted by Crippen LogP contribution is -2.48. The van der Waals surface area contributed by atoms with Crippen LogP contribution in [0.15, 0.2) is 36.4 Å². The average Bonchev–Trinajstić information content (AvgIpc) is 2.91. The monoisotopic (exact) mass is 560 g/mol. The lowest BCUT2D eigenvalue weighted by atomic mass is 9.95. The number of carbonyl (C=O) groups is 1. The minimum absolute atomic E-state index is 0.102. The molecule has 10 nitrogen and oxygen atoms in total. The van der Waals surface area contributed by atoms with Crippen molar-refractivity contribution in [2.24, 2.45) is 5.92 Å². The minimum Gasteiger partial charge on any atom is -0.507 e. The van der Waals surface area contributed by atoms with Crippen molar-refractivity contribution in [3.8, 4) is 5.75 Å². The van der Waals surface area contributed by atoms with Gasteiger partial charge < -0.3 is 31.4 Å². The largest absolute Gasteiger partial charge is 0.507 e. The predicted octanol–water partition coefficient (Wildman–Crippen LogP) is 3.63. The first-order chi connectivity index (χ1) is 18.7. The average molecular weight is 561 g/mol. The van der Waals surface area contributed by atoms with Crippen molar-refractivity contribution in [2.75, 3.05) is 54.8 Å². The normalized spacial score (nSPS) is 14.2. The van der Waals surface area contributed by atoms with Crippen LogP contribution in [-0.4, -0.2) is 78.7 Å². The van der Waals surface area contributed by atoms with Crippen LogP contribution >= 0.6 is 0 Å². The van der Waals surface area contributed by atoms with Gasteiger partial charge in [-0.05, 0) is 42.8 Å². The number of amides is 1. The summed E-state index contributed by atoms with van der Waals surface area (Å²) in [6.07, 6.45) is -4.70. The fourth-order valence-electron chi connectivity index (χ4n) is 4.33. The van der Waals surface area contributed by atoms with Gasteiger partial charge >= 0.3 is 6.18 Å².